The molecule has 0 spiro atoms. The lowest BCUT2D eigenvalue weighted by molar-refractivity contribution is -0.143. The van der Waals surface area contributed by atoms with Crippen molar-refractivity contribution in [2.45, 2.75) is 64.2 Å². The Morgan fingerprint density at radius 1 is 0.815 bits per heavy atom. The summed E-state index contributed by atoms with van der Waals surface area (Å²) >= 11 is 0. The number of carboxylic acid groups (broad SMARTS) is 1. The summed E-state index contributed by atoms with van der Waals surface area (Å²) in [5, 5.41) is 10.9. The number of rotatable bonds is 15. The predicted molar refractivity (Wildman–Crippen MR) is 104 cm³/mol. The number of carbonyl (C=O) groups excluding carboxylic acids is 3. The van der Waals surface area contributed by atoms with Crippen molar-refractivity contribution < 1.29 is 24.3 Å². The van der Waals surface area contributed by atoms with Crippen LogP contribution in [0.15, 0.2) is 0 Å². The standard InChI is InChI=1S/C12H24N2O2.C6H12N2O3/c13-11(15)9-7-5-3-1-2-4-6-8-10-12(14)16;1-7-3-5(9)8(2)4-6(10)11/h1-10H2,(H2,13,15)(H2,14,16);7H,3-4H2,1-2H3,(H,10,11). The Labute approximate surface area is 161 Å². The van der Waals surface area contributed by atoms with E-state index in [9.17, 15) is 19.2 Å². The summed E-state index contributed by atoms with van der Waals surface area (Å²) in [7, 11) is 3.08. The fourth-order valence-corrected chi connectivity index (χ4v) is 2.24. The summed E-state index contributed by atoms with van der Waals surface area (Å²) in [4.78, 5) is 43.0. The molecule has 0 aliphatic heterocycles. The molecule has 0 radical (unpaired) electrons. The molecule has 0 rings (SSSR count). The Morgan fingerprint density at radius 3 is 1.48 bits per heavy atom. The van der Waals surface area contributed by atoms with Gasteiger partial charge in [0, 0.05) is 19.9 Å². The van der Waals surface area contributed by atoms with Crippen LogP contribution in [0.2, 0.25) is 0 Å². The molecule has 0 heterocycles. The van der Waals surface area contributed by atoms with Crippen LogP contribution in [0.25, 0.3) is 0 Å². The first-order valence-corrected chi connectivity index (χ1v) is 9.37. The zero-order valence-corrected chi connectivity index (χ0v) is 16.7. The summed E-state index contributed by atoms with van der Waals surface area (Å²) < 4.78 is 0. The summed E-state index contributed by atoms with van der Waals surface area (Å²) in [5.74, 6) is -1.63. The van der Waals surface area contributed by atoms with Crippen LogP contribution in [0, 0.1) is 0 Å². The first kappa shape index (κ1) is 27.1. The van der Waals surface area contributed by atoms with Crippen molar-refractivity contribution in [2.75, 3.05) is 27.2 Å². The van der Waals surface area contributed by atoms with Crippen LogP contribution < -0.4 is 16.8 Å². The summed E-state index contributed by atoms with van der Waals surface area (Å²) in [6.45, 7) is -0.0791. The molecule has 0 saturated heterocycles. The van der Waals surface area contributed by atoms with Gasteiger partial charge in [0.25, 0.3) is 0 Å². The van der Waals surface area contributed by atoms with E-state index in [4.69, 9.17) is 16.6 Å². The lowest BCUT2D eigenvalue weighted by Crippen LogP contribution is -2.37. The predicted octanol–water partition coefficient (Wildman–Crippen LogP) is 0.607. The third-order valence-electron chi connectivity index (χ3n) is 3.72. The van der Waals surface area contributed by atoms with Crippen LogP contribution in [-0.2, 0) is 19.2 Å². The monoisotopic (exact) mass is 388 g/mol. The van der Waals surface area contributed by atoms with Crippen molar-refractivity contribution >= 4 is 23.7 Å². The number of unbranched alkanes of at least 4 members (excludes halogenated alkanes) is 7. The Bertz CT molecular complexity index is 421. The van der Waals surface area contributed by atoms with Gasteiger partial charge in [0.2, 0.25) is 17.7 Å². The molecule has 0 atom stereocenters. The molecule has 0 saturated carbocycles. The van der Waals surface area contributed by atoms with E-state index < -0.39 is 5.97 Å². The topological polar surface area (TPSA) is 156 Å². The van der Waals surface area contributed by atoms with Gasteiger partial charge in [-0.25, -0.2) is 0 Å². The highest BCUT2D eigenvalue weighted by atomic mass is 16.4. The highest BCUT2D eigenvalue weighted by Gasteiger charge is 2.09. The molecular formula is C18H36N4O5. The van der Waals surface area contributed by atoms with E-state index >= 15 is 0 Å². The fourth-order valence-electron chi connectivity index (χ4n) is 2.24. The highest BCUT2D eigenvalue weighted by Crippen LogP contribution is 2.10. The summed E-state index contributed by atoms with van der Waals surface area (Å²) in [5.41, 5.74) is 10.1. The highest BCUT2D eigenvalue weighted by molar-refractivity contribution is 5.82. The third-order valence-corrected chi connectivity index (χ3v) is 3.72. The van der Waals surface area contributed by atoms with Crippen molar-refractivity contribution in [2.24, 2.45) is 11.5 Å². The van der Waals surface area contributed by atoms with E-state index in [-0.39, 0.29) is 30.8 Å². The summed E-state index contributed by atoms with van der Waals surface area (Å²) in [6, 6.07) is 0. The van der Waals surface area contributed by atoms with Crippen molar-refractivity contribution in [3.63, 3.8) is 0 Å². The third kappa shape index (κ3) is 23.8. The molecule has 6 N–H and O–H groups in total. The number of aliphatic carboxylic acids is 1. The van der Waals surface area contributed by atoms with Crippen LogP contribution in [0.3, 0.4) is 0 Å². The van der Waals surface area contributed by atoms with Gasteiger partial charge in [-0.3, -0.25) is 19.2 Å². The number of amides is 3. The molecule has 9 nitrogen and oxygen atoms in total. The molecule has 0 aromatic carbocycles. The Kier molecular flexibility index (Phi) is 18.7. The van der Waals surface area contributed by atoms with E-state index in [1.54, 1.807) is 7.05 Å². The number of nitrogens with two attached hydrogens (primary N) is 2. The lowest BCUT2D eigenvalue weighted by Gasteiger charge is -2.13. The minimum absolute atomic E-state index is 0.170. The van der Waals surface area contributed by atoms with Crippen LogP contribution >= 0.6 is 0 Å². The number of carboxylic acids is 1. The molecule has 3 amide bonds. The molecule has 9 heteroatoms. The lowest BCUT2D eigenvalue weighted by atomic mass is 10.1. The average Bonchev–Trinajstić information content (AvgIpc) is 2.56. The van der Waals surface area contributed by atoms with E-state index in [0.717, 1.165) is 30.6 Å². The maximum Gasteiger partial charge on any atom is 0.323 e. The molecule has 0 aromatic heterocycles. The van der Waals surface area contributed by atoms with Crippen LogP contribution in [0.5, 0.6) is 0 Å². The van der Waals surface area contributed by atoms with Gasteiger partial charge in [0.15, 0.2) is 0 Å². The number of carbonyl (C=O) groups is 4. The van der Waals surface area contributed by atoms with Gasteiger partial charge in [-0.1, -0.05) is 38.5 Å². The number of likely N-dealkylation sites (N-methyl/N-ethyl adjacent to an activating group) is 2. The van der Waals surface area contributed by atoms with Crippen LogP contribution in [-0.4, -0.2) is 60.9 Å². The van der Waals surface area contributed by atoms with Gasteiger partial charge in [-0.2, -0.15) is 0 Å². The summed E-state index contributed by atoms with van der Waals surface area (Å²) in [6.07, 6.45) is 9.77. The number of hydrogen-bond donors (Lipinski definition) is 4. The minimum atomic E-state index is -1.00. The minimum Gasteiger partial charge on any atom is -0.480 e. The van der Waals surface area contributed by atoms with Crippen molar-refractivity contribution in [1.82, 2.24) is 10.2 Å². The van der Waals surface area contributed by atoms with E-state index in [1.807, 2.05) is 0 Å². The number of nitrogens with zero attached hydrogens (tertiary/aromatic N) is 1. The average molecular weight is 389 g/mol. The second-order valence-electron chi connectivity index (χ2n) is 6.43. The van der Waals surface area contributed by atoms with Gasteiger partial charge in [-0.05, 0) is 19.9 Å². The first-order valence-electron chi connectivity index (χ1n) is 9.37. The van der Waals surface area contributed by atoms with Crippen molar-refractivity contribution in [1.29, 1.82) is 0 Å². The zero-order chi connectivity index (χ0) is 21.1. The molecule has 0 fully saturated rings. The smallest absolute Gasteiger partial charge is 0.323 e. The Hall–Kier alpha value is -2.16. The van der Waals surface area contributed by atoms with Gasteiger partial charge in [0.05, 0.1) is 6.54 Å². The van der Waals surface area contributed by atoms with Gasteiger partial charge < -0.3 is 26.8 Å². The molecule has 0 aliphatic rings. The molecule has 0 aliphatic carbocycles. The van der Waals surface area contributed by atoms with E-state index in [2.05, 4.69) is 5.32 Å². The molecule has 0 unspecified atom stereocenters. The molecule has 158 valence electrons. The van der Waals surface area contributed by atoms with E-state index in [1.165, 1.54) is 32.7 Å². The SMILES string of the molecule is CNCC(=O)N(C)CC(=O)O.NC(=O)CCCCCCCCCCC(N)=O. The van der Waals surface area contributed by atoms with Gasteiger partial charge in [0.1, 0.15) is 6.54 Å². The maximum atomic E-state index is 10.9. The van der Waals surface area contributed by atoms with Crippen molar-refractivity contribution in [3.8, 4) is 0 Å². The second-order valence-corrected chi connectivity index (χ2v) is 6.43. The molecular weight excluding hydrogens is 352 g/mol. The zero-order valence-electron chi connectivity index (χ0n) is 16.7. The molecule has 0 bridgehead atoms. The van der Waals surface area contributed by atoms with Gasteiger partial charge >= 0.3 is 5.97 Å². The maximum absolute atomic E-state index is 10.9. The number of hydrogen-bond acceptors (Lipinski definition) is 5. The van der Waals surface area contributed by atoms with Gasteiger partial charge in [-0.15, -0.1) is 0 Å². The number of primary amides is 2. The van der Waals surface area contributed by atoms with Crippen LogP contribution in [0.1, 0.15) is 64.2 Å². The first-order chi connectivity index (χ1) is 12.7. The Balaban J connectivity index is 0. The van der Waals surface area contributed by atoms with Crippen LogP contribution in [0.4, 0.5) is 0 Å². The van der Waals surface area contributed by atoms with Crippen molar-refractivity contribution in [3.05, 3.63) is 0 Å². The molecule has 27 heavy (non-hydrogen) atoms. The second kappa shape index (κ2) is 18.6. The largest absolute Gasteiger partial charge is 0.480 e. The Morgan fingerprint density at radius 2 is 1.19 bits per heavy atom. The quantitative estimate of drug-likeness (QED) is 0.301. The number of nitrogens with one attached hydrogen (secondary N) is 1. The fraction of sp³-hybridized carbons (Fsp3) is 0.778. The molecule has 0 aromatic rings. The normalized spacial score (nSPS) is 9.85. The van der Waals surface area contributed by atoms with E-state index in [0.29, 0.717) is 12.8 Å².